The van der Waals surface area contributed by atoms with Crippen LogP contribution in [-0.4, -0.2) is 41.5 Å². The number of nitrogens with two attached hydrogens (primary N) is 1. The molecular formula is C16H17N5O3S. The summed E-state index contributed by atoms with van der Waals surface area (Å²) in [5.74, 6) is -0.695. The molecule has 0 unspecified atom stereocenters. The molecule has 1 fully saturated rings. The van der Waals surface area contributed by atoms with E-state index < -0.39 is 5.97 Å². The predicted octanol–water partition coefficient (Wildman–Crippen LogP) is 2.02. The summed E-state index contributed by atoms with van der Waals surface area (Å²) in [6.07, 6.45) is 1.14. The molecule has 1 saturated heterocycles. The molecule has 1 aliphatic heterocycles. The molecule has 1 aromatic heterocycles. The van der Waals surface area contributed by atoms with E-state index in [1.165, 1.54) is 6.92 Å². The Morgan fingerprint density at radius 1 is 1.52 bits per heavy atom. The number of esters is 1. The van der Waals surface area contributed by atoms with Gasteiger partial charge in [-0.05, 0) is 24.3 Å². The van der Waals surface area contributed by atoms with Gasteiger partial charge in [-0.1, -0.05) is 12.2 Å². The van der Waals surface area contributed by atoms with Crippen LogP contribution < -0.4 is 5.73 Å². The largest absolute Gasteiger partial charge is 0.456 e. The van der Waals surface area contributed by atoms with Crippen molar-refractivity contribution in [2.24, 2.45) is 0 Å². The number of aromatic nitrogens is 1. The smallest absolute Gasteiger partial charge is 0.303 e. The topological polar surface area (TPSA) is 117 Å². The van der Waals surface area contributed by atoms with Gasteiger partial charge in [0.25, 0.3) is 5.91 Å². The lowest BCUT2D eigenvalue weighted by Gasteiger charge is -2.33. The third-order valence-electron chi connectivity index (χ3n) is 4.13. The third-order valence-corrected chi connectivity index (χ3v) is 4.44. The third kappa shape index (κ3) is 3.95. The van der Waals surface area contributed by atoms with Crippen molar-refractivity contribution >= 4 is 35.6 Å². The number of anilines is 1. The van der Waals surface area contributed by atoms with Crippen LogP contribution in [-0.2, 0) is 14.3 Å². The molecule has 0 aromatic carbocycles. The molecule has 25 heavy (non-hydrogen) atoms. The second-order valence-electron chi connectivity index (χ2n) is 5.66. The summed E-state index contributed by atoms with van der Waals surface area (Å²) in [5.41, 5.74) is 6.89. The first kappa shape index (κ1) is 18.4. The molecular weight excluding hydrogens is 342 g/mol. The molecule has 1 amide bonds. The van der Waals surface area contributed by atoms with Crippen molar-refractivity contribution in [1.29, 1.82) is 5.26 Å². The van der Waals surface area contributed by atoms with Crippen LogP contribution in [0.25, 0.3) is 4.85 Å². The minimum Gasteiger partial charge on any atom is -0.456 e. The number of carbonyl (C=O) groups excluding carboxylic acids is 2. The van der Waals surface area contributed by atoms with Gasteiger partial charge in [-0.25, -0.2) is 4.85 Å². The molecule has 1 aliphatic rings. The number of nitrogens with zero attached hydrogens (tertiary/aromatic N) is 3. The number of carbonyl (C=O) groups is 2. The van der Waals surface area contributed by atoms with Crippen LogP contribution in [0, 0.1) is 22.5 Å². The summed E-state index contributed by atoms with van der Waals surface area (Å²) >= 11 is 5.15. The molecule has 0 bridgehead atoms. The number of likely N-dealkylation sites (tertiary alicyclic amines) is 1. The molecule has 1 aromatic rings. The second kappa shape index (κ2) is 7.77. The number of piperidine rings is 1. The van der Waals surface area contributed by atoms with Crippen molar-refractivity contribution in [1.82, 2.24) is 9.88 Å². The van der Waals surface area contributed by atoms with Gasteiger partial charge < -0.3 is 20.4 Å². The van der Waals surface area contributed by atoms with E-state index in [-0.39, 0.29) is 40.1 Å². The van der Waals surface area contributed by atoms with E-state index in [0.29, 0.717) is 31.5 Å². The van der Waals surface area contributed by atoms with Gasteiger partial charge in [-0.3, -0.25) is 9.59 Å². The van der Waals surface area contributed by atoms with Crippen LogP contribution in [0.3, 0.4) is 0 Å². The summed E-state index contributed by atoms with van der Waals surface area (Å²) in [6, 6.07) is 2.06. The molecule has 2 heterocycles. The number of ether oxygens (including phenoxy) is 1. The molecule has 0 radical (unpaired) electrons. The highest BCUT2D eigenvalue weighted by atomic mass is 32.1. The number of pyridine rings is 1. The van der Waals surface area contributed by atoms with Crippen LogP contribution in [0.4, 0.5) is 11.5 Å². The van der Waals surface area contributed by atoms with Crippen molar-refractivity contribution < 1.29 is 14.3 Å². The number of nitriles is 1. The van der Waals surface area contributed by atoms with Gasteiger partial charge in [0.1, 0.15) is 16.5 Å². The lowest BCUT2D eigenvalue weighted by atomic mass is 9.86. The first-order valence-electron chi connectivity index (χ1n) is 7.63. The van der Waals surface area contributed by atoms with Crippen LogP contribution in [0.1, 0.15) is 36.8 Å². The zero-order valence-corrected chi connectivity index (χ0v) is 14.5. The van der Waals surface area contributed by atoms with E-state index in [2.05, 4.69) is 15.9 Å². The van der Waals surface area contributed by atoms with E-state index in [1.807, 2.05) is 0 Å². The molecule has 0 atom stereocenters. The molecule has 0 saturated carbocycles. The van der Waals surface area contributed by atoms with E-state index in [4.69, 9.17) is 29.3 Å². The Kier molecular flexibility index (Phi) is 5.73. The Morgan fingerprint density at radius 2 is 2.16 bits per heavy atom. The minimum atomic E-state index is -0.502. The van der Waals surface area contributed by atoms with Crippen LogP contribution >= 0.6 is 12.2 Å². The van der Waals surface area contributed by atoms with Crippen LogP contribution in [0.5, 0.6) is 0 Å². The number of hydrogen-bond donors (Lipinski definition) is 2. The fourth-order valence-electron chi connectivity index (χ4n) is 2.93. The standard InChI is InChI=1S/C16H17N5O3S/c1-9(22)24-8-12(23)21-5-3-10(4-6-21)13-11(7-17)16(25)20-15(18)14(13)19-2/h10H,3-6,8H2,1H3,(H3,18,20,25). The van der Waals surface area contributed by atoms with Crippen molar-refractivity contribution in [3.05, 3.63) is 27.2 Å². The summed E-state index contributed by atoms with van der Waals surface area (Å²) in [4.78, 5) is 30.6. The van der Waals surface area contributed by atoms with Gasteiger partial charge in [0.05, 0.1) is 12.1 Å². The van der Waals surface area contributed by atoms with E-state index in [9.17, 15) is 14.9 Å². The second-order valence-corrected chi connectivity index (χ2v) is 6.07. The Labute approximate surface area is 150 Å². The number of nitrogens with one attached hydrogen (secondary N) is 1. The van der Waals surface area contributed by atoms with Gasteiger partial charge in [0, 0.05) is 20.0 Å². The van der Waals surface area contributed by atoms with Gasteiger partial charge in [0.15, 0.2) is 6.61 Å². The Hall–Kier alpha value is -2.91. The minimum absolute atomic E-state index is 0.0878. The molecule has 3 N–H and O–H groups in total. The zero-order chi connectivity index (χ0) is 18.6. The quantitative estimate of drug-likeness (QED) is 0.484. The lowest BCUT2D eigenvalue weighted by molar-refractivity contribution is -0.150. The lowest BCUT2D eigenvalue weighted by Crippen LogP contribution is -2.40. The fourth-order valence-corrected chi connectivity index (χ4v) is 3.20. The summed E-state index contributed by atoms with van der Waals surface area (Å²) in [5, 5.41) is 9.41. The molecule has 2 rings (SSSR count). The van der Waals surface area contributed by atoms with Crippen molar-refractivity contribution in [2.45, 2.75) is 25.7 Å². The SMILES string of the molecule is [C-]#[N+]c1c(N)[nH]c(=S)c(C#N)c1C1CCN(C(=O)COC(C)=O)CC1. The molecule has 8 nitrogen and oxygen atoms in total. The van der Waals surface area contributed by atoms with E-state index in [1.54, 1.807) is 4.90 Å². The maximum atomic E-state index is 12.0. The highest BCUT2D eigenvalue weighted by Gasteiger charge is 2.29. The van der Waals surface area contributed by atoms with Crippen LogP contribution in [0.2, 0.25) is 0 Å². The average molecular weight is 359 g/mol. The number of hydrogen-bond acceptors (Lipinski definition) is 6. The van der Waals surface area contributed by atoms with Crippen LogP contribution in [0.15, 0.2) is 0 Å². The zero-order valence-electron chi connectivity index (χ0n) is 13.7. The number of nitrogen functional groups attached to an aromatic ring is 1. The molecule has 0 spiro atoms. The number of aromatic amines is 1. The molecule has 130 valence electrons. The Balaban J connectivity index is 2.20. The van der Waals surface area contributed by atoms with Gasteiger partial charge in [0.2, 0.25) is 5.69 Å². The average Bonchev–Trinajstić information content (AvgIpc) is 2.59. The Bertz CT molecular complexity index is 841. The number of rotatable bonds is 3. The van der Waals surface area contributed by atoms with Gasteiger partial charge >= 0.3 is 5.97 Å². The summed E-state index contributed by atoms with van der Waals surface area (Å²) in [6.45, 7) is 9.21. The van der Waals surface area contributed by atoms with Gasteiger partial charge in [-0.15, -0.1) is 0 Å². The van der Waals surface area contributed by atoms with Crippen molar-refractivity contribution in [2.75, 3.05) is 25.4 Å². The monoisotopic (exact) mass is 359 g/mol. The summed E-state index contributed by atoms with van der Waals surface area (Å²) < 4.78 is 4.94. The molecule has 9 heteroatoms. The van der Waals surface area contributed by atoms with Crippen molar-refractivity contribution in [3.8, 4) is 6.07 Å². The first-order valence-corrected chi connectivity index (χ1v) is 8.04. The number of H-pyrrole nitrogens is 1. The Morgan fingerprint density at radius 3 is 2.68 bits per heavy atom. The van der Waals surface area contributed by atoms with E-state index >= 15 is 0 Å². The van der Waals surface area contributed by atoms with Gasteiger partial charge in [-0.2, -0.15) is 5.26 Å². The number of amides is 1. The highest BCUT2D eigenvalue weighted by Crippen LogP contribution is 2.39. The van der Waals surface area contributed by atoms with Crippen molar-refractivity contribution in [3.63, 3.8) is 0 Å². The maximum Gasteiger partial charge on any atom is 0.303 e. The summed E-state index contributed by atoms with van der Waals surface area (Å²) in [7, 11) is 0. The fraction of sp³-hybridized carbons (Fsp3) is 0.438. The molecule has 0 aliphatic carbocycles. The maximum absolute atomic E-state index is 12.0. The first-order chi connectivity index (χ1) is 11.9. The van der Waals surface area contributed by atoms with E-state index in [0.717, 1.165) is 0 Å². The normalized spacial score (nSPS) is 14.4. The highest BCUT2D eigenvalue weighted by molar-refractivity contribution is 7.71. The predicted molar refractivity (Wildman–Crippen MR) is 92.2 cm³/mol.